The summed E-state index contributed by atoms with van der Waals surface area (Å²) < 4.78 is 79.8. The van der Waals surface area contributed by atoms with Crippen LogP contribution >= 0.6 is 0 Å². The van der Waals surface area contributed by atoms with Crippen molar-refractivity contribution >= 4 is 18.0 Å². The molecule has 2 atom stereocenters. The van der Waals surface area contributed by atoms with Crippen LogP contribution < -0.4 is 5.73 Å². The number of amides is 2. The molecule has 188 valence electrons. The van der Waals surface area contributed by atoms with Crippen molar-refractivity contribution in [1.82, 2.24) is 4.90 Å². The van der Waals surface area contributed by atoms with Gasteiger partial charge in [-0.2, -0.15) is 26.3 Å². The number of primary amides is 1. The van der Waals surface area contributed by atoms with Gasteiger partial charge >= 0.3 is 12.4 Å². The van der Waals surface area contributed by atoms with Gasteiger partial charge in [-0.05, 0) is 48.9 Å². The topological polar surface area (TPSA) is 75.8 Å². The van der Waals surface area contributed by atoms with Gasteiger partial charge in [0, 0.05) is 24.4 Å². The molecule has 0 bridgehead atoms. The Labute approximate surface area is 197 Å². The zero-order valence-corrected chi connectivity index (χ0v) is 18.4. The van der Waals surface area contributed by atoms with Crippen LogP contribution in [0.25, 0.3) is 0 Å². The van der Waals surface area contributed by atoms with Crippen LogP contribution in [-0.2, 0) is 23.6 Å². The summed E-state index contributed by atoms with van der Waals surface area (Å²) in [5, 5.41) is 0. The third-order valence-electron chi connectivity index (χ3n) is 5.73. The molecule has 2 amide bonds. The van der Waals surface area contributed by atoms with Crippen LogP contribution in [0.1, 0.15) is 39.9 Å². The monoisotopic (exact) mass is 499 g/mol. The fourth-order valence-corrected chi connectivity index (χ4v) is 4.10. The zero-order valence-electron chi connectivity index (χ0n) is 18.4. The first kappa shape index (κ1) is 26.2. The van der Waals surface area contributed by atoms with Gasteiger partial charge in [-0.1, -0.05) is 30.3 Å². The summed E-state index contributed by atoms with van der Waals surface area (Å²) in [4.78, 5) is 29.5. The van der Waals surface area contributed by atoms with Crippen LogP contribution in [0, 0.1) is 5.92 Å². The smallest absolute Gasteiger partial charge is 0.368 e. The number of carbonyl (C=O) groups is 2. The molecule has 1 heterocycles. The van der Waals surface area contributed by atoms with E-state index in [1.54, 1.807) is 24.4 Å². The third kappa shape index (κ3) is 7.06. The number of hydrogen-bond acceptors (Lipinski definition) is 3. The maximum Gasteiger partial charge on any atom is 0.416 e. The van der Waals surface area contributed by atoms with Gasteiger partial charge in [0.15, 0.2) is 0 Å². The normalized spacial score (nSPS) is 19.2. The number of aliphatic imine (C=N–C) groups is 1. The molecule has 1 aliphatic rings. The average Bonchev–Trinajstić information content (AvgIpc) is 2.78. The van der Waals surface area contributed by atoms with E-state index in [9.17, 15) is 35.9 Å². The van der Waals surface area contributed by atoms with Gasteiger partial charge in [0.1, 0.15) is 6.54 Å². The molecule has 0 aromatic heterocycles. The molecule has 35 heavy (non-hydrogen) atoms. The van der Waals surface area contributed by atoms with Gasteiger partial charge in [0.05, 0.1) is 11.1 Å². The molecule has 11 heteroatoms. The Bertz CT molecular complexity index is 1050. The molecular formula is C24H23F6N3O2. The lowest BCUT2D eigenvalue weighted by Crippen LogP contribution is -2.47. The fourth-order valence-electron chi connectivity index (χ4n) is 4.10. The summed E-state index contributed by atoms with van der Waals surface area (Å²) in [6.07, 6.45) is -7.44. The number of alkyl halides is 6. The number of nitrogens with zero attached hydrogens (tertiary/aromatic N) is 2. The molecule has 1 aliphatic heterocycles. The lowest BCUT2D eigenvalue weighted by atomic mass is 9.87. The van der Waals surface area contributed by atoms with Gasteiger partial charge in [-0.3, -0.25) is 14.6 Å². The first-order valence-electron chi connectivity index (χ1n) is 10.8. The molecular weight excluding hydrogens is 476 g/mol. The van der Waals surface area contributed by atoms with E-state index in [0.29, 0.717) is 31.4 Å². The number of halogens is 6. The van der Waals surface area contributed by atoms with Crippen LogP contribution in [0.5, 0.6) is 0 Å². The highest BCUT2D eigenvalue weighted by atomic mass is 19.4. The Morgan fingerprint density at radius 3 is 2.14 bits per heavy atom. The van der Waals surface area contributed by atoms with Gasteiger partial charge in [-0.25, -0.2) is 0 Å². The standard InChI is InChI=1S/C24H23F6N3O2/c25-23(26,27)18-10-17(11-19(12-18)24(28,29)30)22(35)33-7-6-16(13-32-14-21(31)34)9-20(33)8-15-4-2-1-3-5-15/h1-5,10-13,16,20H,6-9,14H2,(H2,31,34)/t16?,20-/m1/s1. The minimum Gasteiger partial charge on any atom is -0.368 e. The summed E-state index contributed by atoms with van der Waals surface area (Å²) in [7, 11) is 0. The average molecular weight is 499 g/mol. The molecule has 0 radical (unpaired) electrons. The number of hydrogen-bond donors (Lipinski definition) is 1. The second-order valence-electron chi connectivity index (χ2n) is 8.38. The lowest BCUT2D eigenvalue weighted by molar-refractivity contribution is -0.143. The van der Waals surface area contributed by atoms with Gasteiger partial charge < -0.3 is 10.6 Å². The van der Waals surface area contributed by atoms with Crippen molar-refractivity contribution in [3.8, 4) is 0 Å². The maximum atomic E-state index is 13.3. The molecule has 0 spiro atoms. The van der Waals surface area contributed by atoms with E-state index >= 15 is 0 Å². The van der Waals surface area contributed by atoms with E-state index in [2.05, 4.69) is 4.99 Å². The molecule has 5 nitrogen and oxygen atoms in total. The summed E-state index contributed by atoms with van der Waals surface area (Å²) in [6.45, 7) is -0.103. The van der Waals surface area contributed by atoms with E-state index in [0.717, 1.165) is 5.56 Å². The highest BCUT2D eigenvalue weighted by Crippen LogP contribution is 2.37. The number of piperidine rings is 1. The minimum absolute atomic E-state index is 0.000330. The molecule has 2 aromatic rings. The number of carbonyl (C=O) groups excluding carboxylic acids is 2. The van der Waals surface area contributed by atoms with Gasteiger partial charge in [-0.15, -0.1) is 0 Å². The highest BCUT2D eigenvalue weighted by Gasteiger charge is 2.39. The number of benzene rings is 2. The Kier molecular flexibility index (Phi) is 7.86. The van der Waals surface area contributed by atoms with Gasteiger partial charge in [0.2, 0.25) is 5.91 Å². The van der Waals surface area contributed by atoms with E-state index in [1.807, 2.05) is 12.1 Å². The SMILES string of the molecule is NC(=O)CN=CC1CCN(C(=O)c2cc(C(F)(F)F)cc(C(F)(F)F)c2)[C@H](Cc2ccccc2)C1. The molecule has 2 N–H and O–H groups in total. The van der Waals surface area contributed by atoms with Crippen molar-refractivity contribution in [3.05, 3.63) is 70.8 Å². The van der Waals surface area contributed by atoms with E-state index in [1.165, 1.54) is 4.90 Å². The highest BCUT2D eigenvalue weighted by molar-refractivity contribution is 5.95. The molecule has 0 saturated carbocycles. The zero-order chi connectivity index (χ0) is 25.8. The fraction of sp³-hybridized carbons (Fsp3) is 0.375. The Balaban J connectivity index is 1.93. The second kappa shape index (κ2) is 10.5. The quantitative estimate of drug-likeness (QED) is 0.461. The number of rotatable bonds is 6. The van der Waals surface area contributed by atoms with Gasteiger partial charge in [0.25, 0.3) is 5.91 Å². The first-order chi connectivity index (χ1) is 16.3. The third-order valence-corrected chi connectivity index (χ3v) is 5.73. The second-order valence-corrected chi connectivity index (χ2v) is 8.38. The molecule has 1 fully saturated rings. The molecule has 1 unspecified atom stereocenters. The van der Waals surface area contributed by atoms with Crippen LogP contribution in [0.15, 0.2) is 53.5 Å². The molecule has 1 saturated heterocycles. The van der Waals surface area contributed by atoms with Crippen molar-refractivity contribution in [3.63, 3.8) is 0 Å². The van der Waals surface area contributed by atoms with Crippen molar-refractivity contribution in [2.75, 3.05) is 13.1 Å². The van der Waals surface area contributed by atoms with Crippen molar-refractivity contribution in [2.24, 2.45) is 16.6 Å². The van der Waals surface area contributed by atoms with Crippen molar-refractivity contribution in [1.29, 1.82) is 0 Å². The van der Waals surface area contributed by atoms with Crippen molar-refractivity contribution < 1.29 is 35.9 Å². The van der Waals surface area contributed by atoms with Crippen LogP contribution in [0.4, 0.5) is 26.3 Å². The van der Waals surface area contributed by atoms with Crippen LogP contribution in [0.3, 0.4) is 0 Å². The Hall–Kier alpha value is -3.37. The predicted octanol–water partition coefficient (Wildman–Crippen LogP) is 4.74. The minimum atomic E-state index is -5.05. The number of nitrogens with two attached hydrogens (primary N) is 1. The van der Waals surface area contributed by atoms with Crippen LogP contribution in [-0.4, -0.2) is 42.1 Å². The maximum absolute atomic E-state index is 13.3. The van der Waals surface area contributed by atoms with E-state index in [4.69, 9.17) is 5.73 Å². The lowest BCUT2D eigenvalue weighted by Gasteiger charge is -2.39. The molecule has 0 aliphatic carbocycles. The van der Waals surface area contributed by atoms with Crippen molar-refractivity contribution in [2.45, 2.75) is 37.7 Å². The van der Waals surface area contributed by atoms with Crippen LogP contribution in [0.2, 0.25) is 0 Å². The Morgan fingerprint density at radius 1 is 1.00 bits per heavy atom. The summed E-state index contributed by atoms with van der Waals surface area (Å²) >= 11 is 0. The summed E-state index contributed by atoms with van der Waals surface area (Å²) in [5.74, 6) is -1.66. The molecule has 2 aromatic carbocycles. The van der Waals surface area contributed by atoms with E-state index < -0.39 is 46.9 Å². The van der Waals surface area contributed by atoms with E-state index in [-0.39, 0.29) is 25.1 Å². The summed E-state index contributed by atoms with van der Waals surface area (Å²) in [5.41, 5.74) is 2.18. The largest absolute Gasteiger partial charge is 0.416 e. The Morgan fingerprint density at radius 2 is 1.60 bits per heavy atom. The first-order valence-corrected chi connectivity index (χ1v) is 10.8. The molecule has 3 rings (SSSR count). The summed E-state index contributed by atoms with van der Waals surface area (Å²) in [6, 6.07) is 9.42. The number of likely N-dealkylation sites (tertiary alicyclic amines) is 1. The predicted molar refractivity (Wildman–Crippen MR) is 117 cm³/mol.